The lowest BCUT2D eigenvalue weighted by molar-refractivity contribution is 0.477. The molecule has 0 saturated heterocycles. The molecule has 3 heteroatoms. The molecule has 3 rings (SSSR count). The molecule has 0 spiro atoms. The summed E-state index contributed by atoms with van der Waals surface area (Å²) >= 11 is 0. The zero-order valence-electron chi connectivity index (χ0n) is 11.4. The number of rotatable bonds is 4. The third kappa shape index (κ3) is 3.15. The van der Waals surface area contributed by atoms with Gasteiger partial charge in [-0.25, -0.2) is 0 Å². The Bertz CT molecular complexity index is 726. The van der Waals surface area contributed by atoms with E-state index >= 15 is 0 Å². The molecule has 0 fully saturated rings. The Morgan fingerprint density at radius 2 is 1.29 bits per heavy atom. The number of phenols is 1. The molecule has 3 aromatic rings. The van der Waals surface area contributed by atoms with Crippen LogP contribution in [0.4, 0.5) is 11.4 Å². The monoisotopic (exact) mass is 277 g/mol. The second-order valence-corrected chi connectivity index (χ2v) is 4.55. The maximum absolute atomic E-state index is 9.85. The molecule has 0 unspecified atom stereocenters. The smallest absolute Gasteiger partial charge is 0.150 e. The van der Waals surface area contributed by atoms with E-state index in [1.165, 1.54) is 0 Å². The Balaban J connectivity index is 1.88. The van der Waals surface area contributed by atoms with Crippen LogP contribution in [-0.2, 0) is 0 Å². The quantitative estimate of drug-likeness (QED) is 0.664. The summed E-state index contributed by atoms with van der Waals surface area (Å²) in [6.07, 6.45) is 0. The van der Waals surface area contributed by atoms with E-state index in [2.05, 4.69) is 5.32 Å². The van der Waals surface area contributed by atoms with Crippen LogP contribution in [0, 0.1) is 0 Å². The van der Waals surface area contributed by atoms with Crippen LogP contribution < -0.4 is 10.1 Å². The van der Waals surface area contributed by atoms with Crippen molar-refractivity contribution in [1.82, 2.24) is 0 Å². The predicted octanol–water partition coefficient (Wildman–Crippen LogP) is 4.93. The second-order valence-electron chi connectivity index (χ2n) is 4.55. The van der Waals surface area contributed by atoms with Crippen LogP contribution in [0.1, 0.15) is 0 Å². The van der Waals surface area contributed by atoms with Crippen molar-refractivity contribution in [3.8, 4) is 17.2 Å². The molecule has 3 aromatic carbocycles. The van der Waals surface area contributed by atoms with Crippen LogP contribution >= 0.6 is 0 Å². The summed E-state index contributed by atoms with van der Waals surface area (Å²) < 4.78 is 5.88. The number of aromatic hydroxyl groups is 1. The normalized spacial score (nSPS) is 10.1. The standard InChI is InChI=1S/C18H15NO2/c20-17-12-6-4-10-15(17)19-16-11-5-7-13-18(16)21-14-8-2-1-3-9-14/h1-13,19-20H. The highest BCUT2D eigenvalue weighted by atomic mass is 16.5. The second kappa shape index (κ2) is 6.01. The number of hydrogen-bond acceptors (Lipinski definition) is 3. The van der Waals surface area contributed by atoms with Gasteiger partial charge < -0.3 is 15.2 Å². The Kier molecular flexibility index (Phi) is 3.74. The number of para-hydroxylation sites is 5. The predicted molar refractivity (Wildman–Crippen MR) is 84.3 cm³/mol. The van der Waals surface area contributed by atoms with Gasteiger partial charge in [0.15, 0.2) is 5.75 Å². The fourth-order valence-electron chi connectivity index (χ4n) is 2.00. The van der Waals surface area contributed by atoms with E-state index in [4.69, 9.17) is 4.74 Å². The molecule has 0 aliphatic carbocycles. The Morgan fingerprint density at radius 1 is 0.667 bits per heavy atom. The fourth-order valence-corrected chi connectivity index (χ4v) is 2.00. The minimum absolute atomic E-state index is 0.201. The molecular formula is C18H15NO2. The van der Waals surface area contributed by atoms with Gasteiger partial charge >= 0.3 is 0 Å². The highest BCUT2D eigenvalue weighted by Crippen LogP contribution is 2.33. The van der Waals surface area contributed by atoms with Gasteiger partial charge in [0.05, 0.1) is 11.4 Å². The number of benzene rings is 3. The van der Waals surface area contributed by atoms with Gasteiger partial charge in [0.1, 0.15) is 11.5 Å². The van der Waals surface area contributed by atoms with Gasteiger partial charge in [-0.15, -0.1) is 0 Å². The molecule has 0 atom stereocenters. The Labute approximate surface area is 123 Å². The van der Waals surface area contributed by atoms with Gasteiger partial charge in [-0.1, -0.05) is 42.5 Å². The SMILES string of the molecule is Oc1ccccc1Nc1ccccc1Oc1ccccc1. The first-order valence-corrected chi connectivity index (χ1v) is 6.70. The summed E-state index contributed by atoms with van der Waals surface area (Å²) in [6, 6.07) is 24.3. The molecule has 0 heterocycles. The molecule has 2 N–H and O–H groups in total. The van der Waals surface area contributed by atoms with E-state index < -0.39 is 0 Å². The average molecular weight is 277 g/mol. The summed E-state index contributed by atoms with van der Waals surface area (Å²) in [6.45, 7) is 0. The third-order valence-corrected chi connectivity index (χ3v) is 3.03. The van der Waals surface area contributed by atoms with Crippen molar-refractivity contribution in [2.45, 2.75) is 0 Å². The molecule has 3 nitrogen and oxygen atoms in total. The van der Waals surface area contributed by atoms with Crippen molar-refractivity contribution in [3.05, 3.63) is 78.9 Å². The van der Waals surface area contributed by atoms with Crippen LogP contribution in [0.25, 0.3) is 0 Å². The summed E-state index contributed by atoms with van der Waals surface area (Å²) in [7, 11) is 0. The van der Waals surface area contributed by atoms with Crippen molar-refractivity contribution in [2.24, 2.45) is 0 Å². The minimum atomic E-state index is 0.201. The maximum atomic E-state index is 9.85. The minimum Gasteiger partial charge on any atom is -0.506 e. The largest absolute Gasteiger partial charge is 0.506 e. The first-order valence-electron chi connectivity index (χ1n) is 6.70. The van der Waals surface area contributed by atoms with Crippen molar-refractivity contribution in [1.29, 1.82) is 0 Å². The molecule has 0 aliphatic heterocycles. The number of nitrogens with one attached hydrogen (secondary N) is 1. The lowest BCUT2D eigenvalue weighted by Gasteiger charge is -2.13. The van der Waals surface area contributed by atoms with Gasteiger partial charge in [0.25, 0.3) is 0 Å². The molecule has 104 valence electrons. The highest BCUT2D eigenvalue weighted by Gasteiger charge is 2.06. The highest BCUT2D eigenvalue weighted by molar-refractivity contribution is 5.70. The average Bonchev–Trinajstić information content (AvgIpc) is 2.52. The first-order chi connectivity index (χ1) is 10.3. The van der Waals surface area contributed by atoms with Gasteiger partial charge in [-0.2, -0.15) is 0 Å². The zero-order valence-corrected chi connectivity index (χ0v) is 11.4. The van der Waals surface area contributed by atoms with E-state index in [9.17, 15) is 5.11 Å². The molecule has 0 saturated carbocycles. The van der Waals surface area contributed by atoms with Crippen LogP contribution in [0.5, 0.6) is 17.2 Å². The molecule has 0 radical (unpaired) electrons. The maximum Gasteiger partial charge on any atom is 0.150 e. The molecular weight excluding hydrogens is 262 g/mol. The molecule has 0 aliphatic rings. The van der Waals surface area contributed by atoms with Crippen LogP contribution in [-0.4, -0.2) is 5.11 Å². The summed E-state index contributed by atoms with van der Waals surface area (Å²) in [5, 5.41) is 13.0. The van der Waals surface area contributed by atoms with Crippen molar-refractivity contribution < 1.29 is 9.84 Å². The van der Waals surface area contributed by atoms with E-state index in [1.54, 1.807) is 12.1 Å². The van der Waals surface area contributed by atoms with Crippen molar-refractivity contribution in [3.63, 3.8) is 0 Å². The fraction of sp³-hybridized carbons (Fsp3) is 0. The number of hydrogen-bond donors (Lipinski definition) is 2. The summed E-state index contributed by atoms with van der Waals surface area (Å²) in [5.41, 5.74) is 1.43. The van der Waals surface area contributed by atoms with Gasteiger partial charge in [0.2, 0.25) is 0 Å². The lowest BCUT2D eigenvalue weighted by atomic mass is 10.2. The van der Waals surface area contributed by atoms with Crippen LogP contribution in [0.15, 0.2) is 78.9 Å². The van der Waals surface area contributed by atoms with Crippen molar-refractivity contribution >= 4 is 11.4 Å². The molecule has 21 heavy (non-hydrogen) atoms. The molecule has 0 aromatic heterocycles. The zero-order chi connectivity index (χ0) is 14.5. The van der Waals surface area contributed by atoms with Crippen LogP contribution in [0.3, 0.4) is 0 Å². The lowest BCUT2D eigenvalue weighted by Crippen LogP contribution is -1.94. The van der Waals surface area contributed by atoms with E-state index in [0.29, 0.717) is 11.4 Å². The molecule has 0 bridgehead atoms. The molecule has 0 amide bonds. The van der Waals surface area contributed by atoms with Gasteiger partial charge in [-0.3, -0.25) is 0 Å². The number of phenolic OH excluding ortho intramolecular Hbond substituents is 1. The van der Waals surface area contributed by atoms with Gasteiger partial charge in [-0.05, 0) is 36.4 Å². The van der Waals surface area contributed by atoms with Gasteiger partial charge in [0, 0.05) is 0 Å². The van der Waals surface area contributed by atoms with E-state index in [1.807, 2.05) is 66.7 Å². The third-order valence-electron chi connectivity index (χ3n) is 3.03. The summed E-state index contributed by atoms with van der Waals surface area (Å²) in [4.78, 5) is 0. The number of anilines is 2. The van der Waals surface area contributed by atoms with E-state index in [0.717, 1.165) is 11.4 Å². The van der Waals surface area contributed by atoms with Crippen LogP contribution in [0.2, 0.25) is 0 Å². The van der Waals surface area contributed by atoms with E-state index in [-0.39, 0.29) is 5.75 Å². The number of ether oxygens (including phenoxy) is 1. The first kappa shape index (κ1) is 13.1. The topological polar surface area (TPSA) is 41.5 Å². The van der Waals surface area contributed by atoms with Crippen molar-refractivity contribution in [2.75, 3.05) is 5.32 Å². The Hall–Kier alpha value is -2.94. The Morgan fingerprint density at radius 3 is 2.05 bits per heavy atom. The summed E-state index contributed by atoms with van der Waals surface area (Å²) in [5.74, 6) is 1.67.